The molecule has 0 saturated carbocycles. The molecule has 0 saturated heterocycles. The van der Waals surface area contributed by atoms with E-state index in [1.807, 2.05) is 0 Å². The maximum Gasteiger partial charge on any atom is 0.299 e. The van der Waals surface area contributed by atoms with E-state index in [1.165, 1.54) is 0 Å². The van der Waals surface area contributed by atoms with Crippen molar-refractivity contribution in [2.24, 2.45) is 10.2 Å². The average molecular weight is 126 g/mol. The van der Waals surface area contributed by atoms with Gasteiger partial charge in [0.2, 0.25) is 5.88 Å². The molecule has 5 nitrogen and oxygen atoms in total. The minimum absolute atomic E-state index is 0.0602. The van der Waals surface area contributed by atoms with Crippen molar-refractivity contribution in [3.63, 3.8) is 0 Å². The Morgan fingerprint density at radius 3 is 2.78 bits per heavy atom. The zero-order valence-electron chi connectivity index (χ0n) is 4.27. The summed E-state index contributed by atoms with van der Waals surface area (Å²) in [6.45, 7) is 0.184. The predicted molar refractivity (Wildman–Crippen MR) is 25.1 cm³/mol. The zero-order chi connectivity index (χ0) is 6.69. The van der Waals surface area contributed by atoms with Crippen LogP contribution in [0.2, 0.25) is 0 Å². The molecule has 0 aromatic carbocycles. The summed E-state index contributed by atoms with van der Waals surface area (Å²) in [5, 5.41) is 6.24. The molecule has 1 aliphatic heterocycles. The molecule has 1 heterocycles. The van der Waals surface area contributed by atoms with E-state index in [9.17, 15) is 9.59 Å². The third-order valence-electron chi connectivity index (χ3n) is 0.663. The van der Waals surface area contributed by atoms with E-state index < -0.39 is 5.91 Å². The van der Waals surface area contributed by atoms with Gasteiger partial charge in [0.1, 0.15) is 0 Å². The molecule has 0 N–H and O–H groups in total. The van der Waals surface area contributed by atoms with Crippen molar-refractivity contribution in [3.05, 3.63) is 12.0 Å². The summed E-state index contributed by atoms with van der Waals surface area (Å²) in [7, 11) is 0. The van der Waals surface area contributed by atoms with Crippen LogP contribution in [0.15, 0.2) is 22.2 Å². The number of hydrogen-bond acceptors (Lipinski definition) is 4. The third-order valence-corrected chi connectivity index (χ3v) is 0.663. The Kier molecular flexibility index (Phi) is 1.35. The SMILES string of the molecule is O=COC1=CC(=O)N=N1. The van der Waals surface area contributed by atoms with Crippen molar-refractivity contribution >= 4 is 12.4 Å². The van der Waals surface area contributed by atoms with E-state index in [2.05, 4.69) is 15.0 Å². The third kappa shape index (κ3) is 1.18. The Hall–Kier alpha value is -1.52. The lowest BCUT2D eigenvalue weighted by atomic mass is 10.6. The second-order valence-electron chi connectivity index (χ2n) is 1.23. The standard InChI is InChI=1S/C4H2N2O3/c7-2-9-4-1-3(8)5-6-4/h1-2H. The van der Waals surface area contributed by atoms with Crippen LogP contribution in [0, 0.1) is 0 Å². The molecular weight excluding hydrogens is 124 g/mol. The van der Waals surface area contributed by atoms with Crippen LogP contribution in [0.1, 0.15) is 0 Å². The Bertz CT molecular complexity index is 206. The molecule has 1 amide bonds. The molecule has 1 rings (SSSR count). The topological polar surface area (TPSA) is 68.1 Å². The van der Waals surface area contributed by atoms with Crippen molar-refractivity contribution in [2.45, 2.75) is 0 Å². The van der Waals surface area contributed by atoms with Crippen molar-refractivity contribution < 1.29 is 14.3 Å². The molecule has 5 heteroatoms. The lowest BCUT2D eigenvalue weighted by Crippen LogP contribution is -1.83. The number of amides is 1. The largest absolute Gasteiger partial charge is 0.408 e. The highest BCUT2D eigenvalue weighted by Gasteiger charge is 2.07. The van der Waals surface area contributed by atoms with E-state index in [4.69, 9.17) is 0 Å². The average Bonchev–Trinajstić information content (AvgIpc) is 2.17. The summed E-state index contributed by atoms with van der Waals surface area (Å²) < 4.78 is 4.17. The van der Waals surface area contributed by atoms with Gasteiger partial charge >= 0.3 is 0 Å². The van der Waals surface area contributed by atoms with Gasteiger partial charge in [-0.15, -0.1) is 10.2 Å². The van der Waals surface area contributed by atoms with Crippen molar-refractivity contribution in [2.75, 3.05) is 0 Å². The van der Waals surface area contributed by atoms with Gasteiger partial charge in [-0.3, -0.25) is 9.59 Å². The second-order valence-corrected chi connectivity index (χ2v) is 1.23. The Labute approximate surface area is 50.0 Å². The quantitative estimate of drug-likeness (QED) is 0.488. The maximum atomic E-state index is 10.2. The highest BCUT2D eigenvalue weighted by Crippen LogP contribution is 2.05. The molecule has 0 bridgehead atoms. The Morgan fingerprint density at radius 1 is 1.56 bits per heavy atom. The highest BCUT2D eigenvalue weighted by molar-refractivity contribution is 5.90. The van der Waals surface area contributed by atoms with E-state index in [-0.39, 0.29) is 12.4 Å². The normalized spacial score (nSPS) is 15.6. The summed E-state index contributed by atoms with van der Waals surface area (Å²) in [4.78, 5) is 19.8. The van der Waals surface area contributed by atoms with Gasteiger partial charge in [0, 0.05) is 0 Å². The molecule has 9 heavy (non-hydrogen) atoms. The molecule has 0 atom stereocenters. The lowest BCUT2D eigenvalue weighted by Gasteiger charge is -1.84. The molecule has 0 aromatic rings. The smallest absolute Gasteiger partial charge is 0.299 e. The molecule has 1 aliphatic rings. The van der Waals surface area contributed by atoms with Gasteiger partial charge in [-0.2, -0.15) is 0 Å². The first-order chi connectivity index (χ1) is 4.33. The van der Waals surface area contributed by atoms with Crippen molar-refractivity contribution in [1.29, 1.82) is 0 Å². The number of nitrogens with zero attached hydrogens (tertiary/aromatic N) is 2. The summed E-state index contributed by atoms with van der Waals surface area (Å²) in [5.74, 6) is -0.568. The molecule has 0 fully saturated rings. The number of azo groups is 1. The van der Waals surface area contributed by atoms with Gasteiger partial charge in [-0.1, -0.05) is 0 Å². The molecule has 0 spiro atoms. The fourth-order valence-corrected chi connectivity index (χ4v) is 0.369. The molecular formula is C4H2N2O3. The van der Waals surface area contributed by atoms with E-state index in [1.54, 1.807) is 0 Å². The van der Waals surface area contributed by atoms with Gasteiger partial charge in [0.15, 0.2) is 0 Å². The molecule has 0 aromatic heterocycles. The van der Waals surface area contributed by atoms with Gasteiger partial charge in [-0.25, -0.2) is 0 Å². The van der Waals surface area contributed by atoms with Crippen LogP contribution in [0.3, 0.4) is 0 Å². The minimum Gasteiger partial charge on any atom is -0.408 e. The first-order valence-corrected chi connectivity index (χ1v) is 2.10. The molecule has 0 unspecified atom stereocenters. The number of ether oxygens (including phenoxy) is 1. The lowest BCUT2D eigenvalue weighted by molar-refractivity contribution is -0.125. The van der Waals surface area contributed by atoms with E-state index >= 15 is 0 Å². The van der Waals surface area contributed by atoms with Crippen molar-refractivity contribution in [1.82, 2.24) is 0 Å². The van der Waals surface area contributed by atoms with Crippen LogP contribution in [-0.2, 0) is 14.3 Å². The monoisotopic (exact) mass is 126 g/mol. The molecule has 0 aliphatic carbocycles. The molecule has 0 radical (unpaired) electrons. The predicted octanol–water partition coefficient (Wildman–Crippen LogP) is -0.00680. The fraction of sp³-hybridized carbons (Fsp3) is 0. The highest BCUT2D eigenvalue weighted by atomic mass is 16.5. The summed E-state index contributed by atoms with van der Waals surface area (Å²) in [6.07, 6.45) is 1.02. The zero-order valence-corrected chi connectivity index (χ0v) is 4.27. The van der Waals surface area contributed by atoms with Crippen LogP contribution in [0.5, 0.6) is 0 Å². The summed E-state index contributed by atoms with van der Waals surface area (Å²) in [6, 6.07) is 0. The van der Waals surface area contributed by atoms with Gasteiger partial charge in [0.05, 0.1) is 6.08 Å². The second kappa shape index (κ2) is 2.17. The number of carbonyl (C=O) groups excluding carboxylic acids is 2. The summed E-state index contributed by atoms with van der Waals surface area (Å²) in [5.41, 5.74) is 0. The fourth-order valence-electron chi connectivity index (χ4n) is 0.369. The van der Waals surface area contributed by atoms with Gasteiger partial charge in [0.25, 0.3) is 12.4 Å². The van der Waals surface area contributed by atoms with Crippen LogP contribution in [-0.4, -0.2) is 12.4 Å². The Balaban J connectivity index is 2.63. The van der Waals surface area contributed by atoms with Gasteiger partial charge < -0.3 is 4.74 Å². The van der Waals surface area contributed by atoms with E-state index in [0.717, 1.165) is 6.08 Å². The molecule has 46 valence electrons. The van der Waals surface area contributed by atoms with Crippen LogP contribution in [0.4, 0.5) is 0 Å². The number of hydrogen-bond donors (Lipinski definition) is 0. The minimum atomic E-state index is -0.508. The summed E-state index contributed by atoms with van der Waals surface area (Å²) >= 11 is 0. The first kappa shape index (κ1) is 5.61. The first-order valence-electron chi connectivity index (χ1n) is 2.10. The van der Waals surface area contributed by atoms with Crippen LogP contribution >= 0.6 is 0 Å². The maximum absolute atomic E-state index is 10.2. The van der Waals surface area contributed by atoms with Crippen molar-refractivity contribution in [3.8, 4) is 0 Å². The van der Waals surface area contributed by atoms with E-state index in [0.29, 0.717) is 0 Å². The Morgan fingerprint density at radius 2 is 2.33 bits per heavy atom. The van der Waals surface area contributed by atoms with Crippen LogP contribution in [0.25, 0.3) is 0 Å². The van der Waals surface area contributed by atoms with Gasteiger partial charge in [-0.05, 0) is 0 Å². The number of rotatable bonds is 2. The number of carbonyl (C=O) groups is 2. The van der Waals surface area contributed by atoms with Crippen LogP contribution < -0.4 is 0 Å².